The van der Waals surface area contributed by atoms with Crippen LogP contribution in [0, 0.1) is 6.92 Å². The number of ether oxygens (including phenoxy) is 1. The van der Waals surface area contributed by atoms with Crippen molar-refractivity contribution < 1.29 is 17.9 Å². The number of carbonyl (C=O) groups is 1. The Hall–Kier alpha value is -2.49. The van der Waals surface area contributed by atoms with Crippen molar-refractivity contribution in [3.05, 3.63) is 47.5 Å². The molecule has 1 amide bonds. The van der Waals surface area contributed by atoms with E-state index in [9.17, 15) is 13.2 Å². The molecule has 1 heterocycles. The van der Waals surface area contributed by atoms with Gasteiger partial charge in [-0.05, 0) is 69.9 Å². The SMILES string of the molecule is COc1ccc(C)c2sc(N(CCCN(C)C)C(=O)c3ccc(S(C)(=O)=O)cc3)nc12. The molecule has 7 nitrogen and oxygen atoms in total. The van der Waals surface area contributed by atoms with Crippen LogP contribution in [-0.4, -0.2) is 64.8 Å². The summed E-state index contributed by atoms with van der Waals surface area (Å²) in [5, 5.41) is 0.596. The van der Waals surface area contributed by atoms with E-state index in [2.05, 4.69) is 4.90 Å². The monoisotopic (exact) mass is 461 g/mol. The van der Waals surface area contributed by atoms with E-state index in [4.69, 9.17) is 9.72 Å². The third-order valence-corrected chi connectivity index (χ3v) is 7.25. The van der Waals surface area contributed by atoms with Gasteiger partial charge in [0.1, 0.15) is 11.3 Å². The molecule has 1 aromatic heterocycles. The normalized spacial score (nSPS) is 11.8. The summed E-state index contributed by atoms with van der Waals surface area (Å²) in [6.07, 6.45) is 1.92. The molecule has 0 bridgehead atoms. The number of rotatable bonds is 8. The maximum absolute atomic E-state index is 13.4. The van der Waals surface area contributed by atoms with E-state index in [1.807, 2.05) is 33.2 Å². The summed E-state index contributed by atoms with van der Waals surface area (Å²) in [7, 11) is 2.25. The van der Waals surface area contributed by atoms with Gasteiger partial charge < -0.3 is 9.64 Å². The molecule has 0 aliphatic heterocycles. The van der Waals surface area contributed by atoms with Gasteiger partial charge in [0, 0.05) is 18.4 Å². The lowest BCUT2D eigenvalue weighted by Gasteiger charge is -2.21. The van der Waals surface area contributed by atoms with E-state index in [0.717, 1.165) is 35.0 Å². The molecular weight excluding hydrogens is 434 g/mol. The Labute approximate surface area is 187 Å². The Kier molecular flexibility index (Phi) is 6.98. The van der Waals surface area contributed by atoms with Crippen LogP contribution in [0.5, 0.6) is 5.75 Å². The first-order valence-corrected chi connectivity index (χ1v) is 12.5. The third-order valence-electron chi connectivity index (χ3n) is 4.90. The Balaban J connectivity index is 2.01. The van der Waals surface area contributed by atoms with Crippen molar-refractivity contribution >= 4 is 42.4 Å². The number of methoxy groups -OCH3 is 1. The zero-order valence-corrected chi connectivity index (χ0v) is 20.0. The Morgan fingerprint density at radius 3 is 2.35 bits per heavy atom. The number of nitrogens with zero attached hydrogens (tertiary/aromatic N) is 3. The lowest BCUT2D eigenvalue weighted by atomic mass is 10.2. The summed E-state index contributed by atoms with van der Waals surface area (Å²) in [4.78, 5) is 22.0. The van der Waals surface area contributed by atoms with Crippen LogP contribution >= 0.6 is 11.3 Å². The Bertz CT molecular complexity index is 1190. The molecule has 0 unspecified atom stereocenters. The average molecular weight is 462 g/mol. The minimum absolute atomic E-state index is 0.184. The molecule has 2 aromatic carbocycles. The van der Waals surface area contributed by atoms with Gasteiger partial charge in [0.15, 0.2) is 15.0 Å². The minimum atomic E-state index is -3.33. The minimum Gasteiger partial charge on any atom is -0.494 e. The summed E-state index contributed by atoms with van der Waals surface area (Å²) in [6, 6.07) is 9.89. The summed E-state index contributed by atoms with van der Waals surface area (Å²) >= 11 is 1.46. The molecule has 3 aromatic rings. The fourth-order valence-corrected chi connectivity index (χ4v) is 4.91. The van der Waals surface area contributed by atoms with Crippen LogP contribution in [0.3, 0.4) is 0 Å². The number of amides is 1. The highest BCUT2D eigenvalue weighted by molar-refractivity contribution is 7.90. The zero-order chi connectivity index (χ0) is 22.8. The number of aromatic nitrogens is 1. The molecule has 0 radical (unpaired) electrons. The fourth-order valence-electron chi connectivity index (χ4n) is 3.21. The van der Waals surface area contributed by atoms with E-state index in [0.29, 0.717) is 23.0 Å². The standard InChI is InChI=1S/C22H27N3O4S2/c1-15-7-12-18(29-4)19-20(15)30-22(23-19)25(14-6-13-24(2)3)21(26)16-8-10-17(11-9-16)31(5,27)28/h7-12H,6,13-14H2,1-5H3. The number of carbonyl (C=O) groups excluding carboxylic acids is 1. The molecule has 0 N–H and O–H groups in total. The van der Waals surface area contributed by atoms with E-state index < -0.39 is 9.84 Å². The van der Waals surface area contributed by atoms with Crippen LogP contribution in [0.4, 0.5) is 5.13 Å². The van der Waals surface area contributed by atoms with E-state index in [1.54, 1.807) is 24.1 Å². The molecule has 0 fully saturated rings. The van der Waals surface area contributed by atoms with Gasteiger partial charge >= 0.3 is 0 Å². The fraction of sp³-hybridized carbons (Fsp3) is 0.364. The van der Waals surface area contributed by atoms with Crippen molar-refractivity contribution in [2.24, 2.45) is 0 Å². The van der Waals surface area contributed by atoms with Crippen molar-refractivity contribution in [3.8, 4) is 5.75 Å². The van der Waals surface area contributed by atoms with Crippen LogP contribution in [0.25, 0.3) is 10.2 Å². The van der Waals surface area contributed by atoms with Gasteiger partial charge in [-0.3, -0.25) is 9.69 Å². The number of thiazole rings is 1. The third kappa shape index (κ3) is 5.23. The largest absolute Gasteiger partial charge is 0.494 e. The number of benzene rings is 2. The van der Waals surface area contributed by atoms with Crippen molar-refractivity contribution in [2.75, 3.05) is 45.5 Å². The topological polar surface area (TPSA) is 79.8 Å². The predicted octanol–water partition coefficient (Wildman–Crippen LogP) is 3.62. The van der Waals surface area contributed by atoms with Crippen molar-refractivity contribution in [1.29, 1.82) is 0 Å². The van der Waals surface area contributed by atoms with Gasteiger partial charge in [-0.25, -0.2) is 13.4 Å². The number of sulfone groups is 1. The summed E-state index contributed by atoms with van der Waals surface area (Å²) < 4.78 is 29.9. The first-order valence-electron chi connectivity index (χ1n) is 9.82. The molecule has 31 heavy (non-hydrogen) atoms. The van der Waals surface area contributed by atoms with Gasteiger partial charge in [0.05, 0.1) is 16.7 Å². The number of fused-ring (bicyclic) bond motifs is 1. The molecule has 0 aliphatic rings. The molecule has 0 saturated carbocycles. The van der Waals surface area contributed by atoms with Crippen LogP contribution in [0.1, 0.15) is 22.3 Å². The highest BCUT2D eigenvalue weighted by Crippen LogP contribution is 2.37. The molecule has 0 aliphatic carbocycles. The van der Waals surface area contributed by atoms with Crippen molar-refractivity contribution in [3.63, 3.8) is 0 Å². The van der Waals surface area contributed by atoms with Crippen LogP contribution in [-0.2, 0) is 9.84 Å². The highest BCUT2D eigenvalue weighted by Gasteiger charge is 2.23. The second-order valence-corrected chi connectivity index (χ2v) is 10.7. The first-order chi connectivity index (χ1) is 14.6. The maximum atomic E-state index is 13.4. The molecule has 3 rings (SSSR count). The number of hydrogen-bond donors (Lipinski definition) is 0. The summed E-state index contributed by atoms with van der Waals surface area (Å²) in [6.45, 7) is 3.32. The molecular formula is C22H27N3O4S2. The van der Waals surface area contributed by atoms with Crippen LogP contribution in [0.15, 0.2) is 41.3 Å². The molecule has 0 spiro atoms. The Morgan fingerprint density at radius 1 is 1.10 bits per heavy atom. The lowest BCUT2D eigenvalue weighted by molar-refractivity contribution is 0.0986. The van der Waals surface area contributed by atoms with Gasteiger partial charge in [0.2, 0.25) is 0 Å². The van der Waals surface area contributed by atoms with E-state index in [-0.39, 0.29) is 10.8 Å². The van der Waals surface area contributed by atoms with Crippen molar-refractivity contribution in [1.82, 2.24) is 9.88 Å². The molecule has 0 atom stereocenters. The second-order valence-electron chi connectivity index (χ2n) is 7.67. The maximum Gasteiger partial charge on any atom is 0.260 e. The van der Waals surface area contributed by atoms with Gasteiger partial charge in [-0.1, -0.05) is 17.4 Å². The average Bonchev–Trinajstić information content (AvgIpc) is 3.16. The number of anilines is 1. The first kappa shape index (κ1) is 23.2. The van der Waals surface area contributed by atoms with E-state index >= 15 is 0 Å². The predicted molar refractivity (Wildman–Crippen MR) is 125 cm³/mol. The quantitative estimate of drug-likeness (QED) is 0.510. The van der Waals surface area contributed by atoms with Gasteiger partial charge in [0.25, 0.3) is 5.91 Å². The lowest BCUT2D eigenvalue weighted by Crippen LogP contribution is -2.33. The van der Waals surface area contributed by atoms with Gasteiger partial charge in [-0.2, -0.15) is 0 Å². The van der Waals surface area contributed by atoms with Crippen LogP contribution < -0.4 is 9.64 Å². The number of hydrogen-bond acceptors (Lipinski definition) is 7. The summed E-state index contributed by atoms with van der Waals surface area (Å²) in [5.74, 6) is 0.454. The molecule has 166 valence electrons. The van der Waals surface area contributed by atoms with Crippen molar-refractivity contribution in [2.45, 2.75) is 18.2 Å². The summed E-state index contributed by atoms with van der Waals surface area (Å²) in [5.41, 5.74) is 2.22. The Morgan fingerprint density at radius 2 is 1.77 bits per heavy atom. The van der Waals surface area contributed by atoms with E-state index in [1.165, 1.54) is 23.5 Å². The number of aryl methyl sites for hydroxylation is 1. The zero-order valence-electron chi connectivity index (χ0n) is 18.4. The second kappa shape index (κ2) is 9.33. The molecule has 0 saturated heterocycles. The van der Waals surface area contributed by atoms with Crippen LogP contribution in [0.2, 0.25) is 0 Å². The smallest absolute Gasteiger partial charge is 0.260 e. The highest BCUT2D eigenvalue weighted by atomic mass is 32.2. The van der Waals surface area contributed by atoms with Gasteiger partial charge in [-0.15, -0.1) is 0 Å². The molecule has 9 heteroatoms.